The van der Waals surface area contributed by atoms with Gasteiger partial charge in [-0.1, -0.05) is 13.3 Å². The van der Waals surface area contributed by atoms with Gasteiger partial charge in [0.1, 0.15) is 11.8 Å². The van der Waals surface area contributed by atoms with Crippen molar-refractivity contribution in [2.24, 2.45) is 11.8 Å². The standard InChI is InChI=1S/C21H28F3N3O6S/c1-3-4-18(26(2)20(29)30)19(28)25-17-10-5-13-11-27(12-16(13)17)34(31,32)15-8-6-14(7-9-15)33-21(22,23)24/h6-9,13,16-18H,3-5,10-12H2,1-2H3,(H,25,28)(H,29,30)/t13-,16+,17+,18+/m1/s1. The van der Waals surface area contributed by atoms with Gasteiger partial charge < -0.3 is 15.2 Å². The van der Waals surface area contributed by atoms with Crippen molar-refractivity contribution in [3.8, 4) is 5.75 Å². The van der Waals surface area contributed by atoms with Crippen LogP contribution in [0.25, 0.3) is 0 Å². The van der Waals surface area contributed by atoms with Gasteiger partial charge in [0.25, 0.3) is 0 Å². The van der Waals surface area contributed by atoms with Crippen molar-refractivity contribution < 1.29 is 41.0 Å². The van der Waals surface area contributed by atoms with Gasteiger partial charge in [-0.2, -0.15) is 4.31 Å². The Morgan fingerprint density at radius 1 is 1.24 bits per heavy atom. The molecule has 0 bridgehead atoms. The summed E-state index contributed by atoms with van der Waals surface area (Å²) in [5, 5.41) is 12.2. The van der Waals surface area contributed by atoms with Gasteiger partial charge in [-0.25, -0.2) is 13.2 Å². The van der Waals surface area contributed by atoms with E-state index >= 15 is 0 Å². The second-order valence-corrected chi connectivity index (χ2v) is 10.6. The Bertz CT molecular complexity index is 1000. The number of hydrogen-bond acceptors (Lipinski definition) is 5. The molecule has 1 aromatic carbocycles. The van der Waals surface area contributed by atoms with Crippen LogP contribution in [0.1, 0.15) is 32.6 Å². The molecule has 2 N–H and O–H groups in total. The van der Waals surface area contributed by atoms with Crippen molar-refractivity contribution in [2.75, 3.05) is 20.1 Å². The minimum Gasteiger partial charge on any atom is -0.465 e. The minimum absolute atomic E-state index is 0.0229. The lowest BCUT2D eigenvalue weighted by Gasteiger charge is -2.28. The maximum Gasteiger partial charge on any atom is 0.573 e. The van der Waals surface area contributed by atoms with Crippen LogP contribution in [0.4, 0.5) is 18.0 Å². The smallest absolute Gasteiger partial charge is 0.465 e. The quantitative estimate of drug-likeness (QED) is 0.559. The number of fused-ring (bicyclic) bond motifs is 1. The highest BCUT2D eigenvalue weighted by Gasteiger charge is 2.47. The second kappa shape index (κ2) is 9.98. The number of nitrogens with one attached hydrogen (secondary N) is 1. The molecule has 190 valence electrons. The molecule has 1 saturated carbocycles. The normalized spacial score (nSPS) is 23.9. The van der Waals surface area contributed by atoms with Gasteiger partial charge in [-0.15, -0.1) is 13.2 Å². The van der Waals surface area contributed by atoms with E-state index in [1.807, 2.05) is 6.92 Å². The third-order valence-electron chi connectivity index (χ3n) is 6.48. The summed E-state index contributed by atoms with van der Waals surface area (Å²) >= 11 is 0. The van der Waals surface area contributed by atoms with Crippen LogP contribution in [0.15, 0.2) is 29.2 Å². The lowest BCUT2D eigenvalue weighted by atomic mass is 9.97. The third-order valence-corrected chi connectivity index (χ3v) is 8.33. The largest absolute Gasteiger partial charge is 0.573 e. The molecule has 2 amide bonds. The summed E-state index contributed by atoms with van der Waals surface area (Å²) in [4.78, 5) is 25.0. The van der Waals surface area contributed by atoms with E-state index < -0.39 is 40.2 Å². The first kappa shape index (κ1) is 26.1. The van der Waals surface area contributed by atoms with E-state index in [9.17, 15) is 36.3 Å². The average molecular weight is 508 g/mol. The summed E-state index contributed by atoms with van der Waals surface area (Å²) in [6.07, 6.45) is -3.74. The highest BCUT2D eigenvalue weighted by molar-refractivity contribution is 7.89. The van der Waals surface area contributed by atoms with E-state index in [0.29, 0.717) is 25.7 Å². The van der Waals surface area contributed by atoms with Crippen LogP contribution in [0, 0.1) is 11.8 Å². The van der Waals surface area contributed by atoms with Crippen LogP contribution in [-0.2, 0) is 14.8 Å². The number of ether oxygens (including phenoxy) is 1. The molecular formula is C21H28F3N3O6S. The monoisotopic (exact) mass is 507 g/mol. The molecule has 13 heteroatoms. The van der Waals surface area contributed by atoms with Gasteiger partial charge in [-0.05, 0) is 55.4 Å². The summed E-state index contributed by atoms with van der Waals surface area (Å²) in [5.74, 6) is -1.03. The average Bonchev–Trinajstić information content (AvgIpc) is 3.33. The van der Waals surface area contributed by atoms with E-state index in [4.69, 9.17) is 0 Å². The Morgan fingerprint density at radius 2 is 1.88 bits per heavy atom. The summed E-state index contributed by atoms with van der Waals surface area (Å²) < 4.78 is 68.2. The molecule has 1 saturated heterocycles. The topological polar surface area (TPSA) is 116 Å². The molecule has 2 aliphatic rings. The van der Waals surface area contributed by atoms with Crippen molar-refractivity contribution in [3.05, 3.63) is 24.3 Å². The van der Waals surface area contributed by atoms with Crippen molar-refractivity contribution >= 4 is 22.0 Å². The molecule has 0 unspecified atom stereocenters. The number of carbonyl (C=O) groups is 2. The molecule has 1 heterocycles. The summed E-state index contributed by atoms with van der Waals surface area (Å²) in [6, 6.07) is 2.92. The first-order chi connectivity index (χ1) is 15.8. The Hall–Kier alpha value is -2.54. The van der Waals surface area contributed by atoms with Gasteiger partial charge in [0, 0.05) is 26.2 Å². The number of sulfonamides is 1. The number of carboxylic acid groups (broad SMARTS) is 1. The van der Waals surface area contributed by atoms with Gasteiger partial charge in [-0.3, -0.25) is 9.69 Å². The predicted octanol–water partition coefficient (Wildman–Crippen LogP) is 2.88. The number of nitrogens with zero attached hydrogens (tertiary/aromatic N) is 2. The first-order valence-electron chi connectivity index (χ1n) is 11.0. The van der Waals surface area contributed by atoms with Crippen LogP contribution < -0.4 is 10.1 Å². The molecule has 34 heavy (non-hydrogen) atoms. The SMILES string of the molecule is CCC[C@@H](C(=O)N[C@H]1CC[C@@H]2CN(S(=O)(=O)c3ccc(OC(F)(F)F)cc3)C[C@@H]21)N(C)C(=O)O. The zero-order valence-electron chi connectivity index (χ0n) is 18.8. The van der Waals surface area contributed by atoms with Gasteiger partial charge >= 0.3 is 12.5 Å². The molecule has 1 aromatic rings. The molecule has 4 atom stereocenters. The number of alkyl halides is 3. The fraction of sp³-hybridized carbons (Fsp3) is 0.619. The number of halogens is 3. The molecular weight excluding hydrogens is 479 g/mol. The van der Waals surface area contributed by atoms with Crippen molar-refractivity contribution in [1.82, 2.24) is 14.5 Å². The highest BCUT2D eigenvalue weighted by Crippen LogP contribution is 2.40. The Labute approximate surface area is 195 Å². The van der Waals surface area contributed by atoms with Crippen LogP contribution in [0.2, 0.25) is 0 Å². The zero-order chi connectivity index (χ0) is 25.3. The van der Waals surface area contributed by atoms with E-state index in [0.717, 1.165) is 29.2 Å². The van der Waals surface area contributed by atoms with E-state index in [-0.39, 0.29) is 35.9 Å². The number of rotatable bonds is 8. The Morgan fingerprint density at radius 3 is 2.44 bits per heavy atom. The number of benzene rings is 1. The molecule has 0 aromatic heterocycles. The van der Waals surface area contributed by atoms with Gasteiger partial charge in [0.05, 0.1) is 4.90 Å². The number of carbonyl (C=O) groups excluding carboxylic acids is 1. The van der Waals surface area contributed by atoms with Crippen LogP contribution in [0.5, 0.6) is 5.75 Å². The van der Waals surface area contributed by atoms with E-state index in [1.165, 1.54) is 11.4 Å². The predicted molar refractivity (Wildman–Crippen MR) is 115 cm³/mol. The number of likely N-dealkylation sites (N-methyl/N-ethyl adjacent to an activating group) is 1. The fourth-order valence-electron chi connectivity index (χ4n) is 4.75. The van der Waals surface area contributed by atoms with Crippen molar-refractivity contribution in [1.29, 1.82) is 0 Å². The van der Waals surface area contributed by atoms with Crippen LogP contribution in [-0.4, -0.2) is 73.3 Å². The number of amides is 2. The molecule has 3 rings (SSSR count). The maximum absolute atomic E-state index is 13.1. The summed E-state index contributed by atoms with van der Waals surface area (Å²) in [6.45, 7) is 2.25. The van der Waals surface area contributed by atoms with E-state index in [1.54, 1.807) is 0 Å². The first-order valence-corrected chi connectivity index (χ1v) is 12.4. The summed E-state index contributed by atoms with van der Waals surface area (Å²) in [7, 11) is -2.60. The summed E-state index contributed by atoms with van der Waals surface area (Å²) in [5.41, 5.74) is 0. The second-order valence-electron chi connectivity index (χ2n) is 8.66. The maximum atomic E-state index is 13.1. The molecule has 0 spiro atoms. The third kappa shape index (κ3) is 5.74. The lowest BCUT2D eigenvalue weighted by molar-refractivity contribution is -0.274. The Kier molecular flexibility index (Phi) is 7.65. The molecule has 1 aliphatic heterocycles. The molecule has 1 aliphatic carbocycles. The lowest BCUT2D eigenvalue weighted by Crippen LogP contribution is -2.51. The van der Waals surface area contributed by atoms with Crippen molar-refractivity contribution in [2.45, 2.75) is 55.9 Å². The zero-order valence-corrected chi connectivity index (χ0v) is 19.6. The van der Waals surface area contributed by atoms with E-state index in [2.05, 4.69) is 10.1 Å². The molecule has 0 radical (unpaired) electrons. The fourth-order valence-corrected chi connectivity index (χ4v) is 6.28. The van der Waals surface area contributed by atoms with Crippen LogP contribution in [0.3, 0.4) is 0 Å². The van der Waals surface area contributed by atoms with Crippen LogP contribution >= 0.6 is 0 Å². The highest BCUT2D eigenvalue weighted by atomic mass is 32.2. The Balaban J connectivity index is 1.67. The van der Waals surface area contributed by atoms with Gasteiger partial charge in [0.15, 0.2) is 0 Å². The molecule has 2 fully saturated rings. The molecule has 9 nitrogen and oxygen atoms in total. The van der Waals surface area contributed by atoms with Gasteiger partial charge in [0.2, 0.25) is 15.9 Å². The number of hydrogen-bond donors (Lipinski definition) is 2. The van der Waals surface area contributed by atoms with Crippen molar-refractivity contribution in [3.63, 3.8) is 0 Å². The minimum atomic E-state index is -4.87.